The van der Waals surface area contributed by atoms with Crippen LogP contribution < -0.4 is 4.74 Å². The molecule has 0 aromatic heterocycles. The zero-order valence-corrected chi connectivity index (χ0v) is 20.6. The van der Waals surface area contributed by atoms with Crippen LogP contribution in [0.1, 0.15) is 110 Å². The first kappa shape index (κ1) is 23.1. The van der Waals surface area contributed by atoms with E-state index in [9.17, 15) is 0 Å². The molecule has 4 aliphatic carbocycles. The highest BCUT2D eigenvalue weighted by Crippen LogP contribution is 2.61. The number of rotatable bonds is 12. The van der Waals surface area contributed by atoms with Gasteiger partial charge >= 0.3 is 0 Å². The average molecular weight is 427 g/mol. The summed E-state index contributed by atoms with van der Waals surface area (Å²) in [4.78, 5) is 0. The van der Waals surface area contributed by atoms with Crippen molar-refractivity contribution in [1.82, 2.24) is 0 Å². The van der Waals surface area contributed by atoms with E-state index in [4.69, 9.17) is 9.47 Å². The summed E-state index contributed by atoms with van der Waals surface area (Å²) in [5.74, 6) is 5.13. The van der Waals surface area contributed by atoms with Crippen molar-refractivity contribution in [3.63, 3.8) is 0 Å². The molecule has 2 heteroatoms. The van der Waals surface area contributed by atoms with Gasteiger partial charge in [0.2, 0.25) is 6.29 Å². The maximum Gasteiger partial charge on any atom is 0.205 e. The number of benzene rings is 1. The molecule has 31 heavy (non-hydrogen) atoms. The fraction of sp³-hybridized carbons (Fsp3) is 0.793. The lowest BCUT2D eigenvalue weighted by atomic mass is 9.49. The Balaban J connectivity index is 1.47. The van der Waals surface area contributed by atoms with Gasteiger partial charge in [-0.25, -0.2) is 0 Å². The Labute approximate surface area is 191 Å². The van der Waals surface area contributed by atoms with Crippen molar-refractivity contribution >= 4 is 0 Å². The first-order chi connectivity index (χ1) is 15.0. The molecular weight excluding hydrogens is 380 g/mol. The summed E-state index contributed by atoms with van der Waals surface area (Å²) in [5.41, 5.74) is 1.66. The first-order valence-corrected chi connectivity index (χ1v) is 13.4. The van der Waals surface area contributed by atoms with Gasteiger partial charge in [-0.3, -0.25) is 0 Å². The molecule has 0 aliphatic heterocycles. The van der Waals surface area contributed by atoms with Gasteiger partial charge < -0.3 is 9.47 Å². The maximum atomic E-state index is 6.72. The van der Waals surface area contributed by atoms with E-state index in [0.29, 0.717) is 5.92 Å². The smallest absolute Gasteiger partial charge is 0.205 e. The summed E-state index contributed by atoms with van der Waals surface area (Å²) < 4.78 is 13.4. The fourth-order valence-corrected chi connectivity index (χ4v) is 7.34. The van der Waals surface area contributed by atoms with Crippen molar-refractivity contribution in [3.8, 4) is 5.75 Å². The summed E-state index contributed by atoms with van der Waals surface area (Å²) in [5, 5.41) is 0. The Kier molecular flexibility index (Phi) is 7.68. The minimum absolute atomic E-state index is 0.0746. The normalized spacial score (nSPS) is 32.1. The zero-order chi connectivity index (χ0) is 21.8. The molecule has 0 radical (unpaired) electrons. The summed E-state index contributed by atoms with van der Waals surface area (Å²) in [6.07, 6.45) is 14.5. The van der Waals surface area contributed by atoms with Crippen molar-refractivity contribution < 1.29 is 9.47 Å². The quantitative estimate of drug-likeness (QED) is 0.313. The van der Waals surface area contributed by atoms with Crippen LogP contribution in [0.2, 0.25) is 0 Å². The zero-order valence-electron chi connectivity index (χ0n) is 20.6. The molecule has 0 N–H and O–H groups in total. The van der Waals surface area contributed by atoms with Crippen molar-refractivity contribution in [2.45, 2.75) is 111 Å². The molecule has 174 valence electrons. The second kappa shape index (κ2) is 10.3. The standard InChI is InChI=1S/C29H46O2/c1-5-8-22(7-3)13-14-30-28(31-27-11-9-26(10-12-27)21(4)6-2)29-18-23-15-24(19-29)17-25(16-23)20-29/h9-12,21-25,28H,5-8,13-20H2,1-4H3. The van der Waals surface area contributed by atoms with Crippen molar-refractivity contribution in [1.29, 1.82) is 0 Å². The number of hydrogen-bond acceptors (Lipinski definition) is 2. The highest BCUT2D eigenvalue weighted by atomic mass is 16.7. The molecule has 0 spiro atoms. The van der Waals surface area contributed by atoms with Gasteiger partial charge in [-0.15, -0.1) is 0 Å². The van der Waals surface area contributed by atoms with E-state index in [1.165, 1.54) is 76.2 Å². The largest absolute Gasteiger partial charge is 0.464 e. The highest BCUT2D eigenvalue weighted by molar-refractivity contribution is 5.29. The molecule has 5 rings (SSSR count). The molecule has 3 unspecified atom stereocenters. The van der Waals surface area contributed by atoms with Gasteiger partial charge in [0.25, 0.3) is 0 Å². The summed E-state index contributed by atoms with van der Waals surface area (Å²) >= 11 is 0. The van der Waals surface area contributed by atoms with E-state index in [1.54, 1.807) is 0 Å². The SMILES string of the molecule is CCCC(CC)CCOC(Oc1ccc(C(C)CC)cc1)C12CC3CC(CC(C3)C1)C2. The second-order valence-corrected chi connectivity index (χ2v) is 11.3. The average Bonchev–Trinajstić information content (AvgIpc) is 2.76. The summed E-state index contributed by atoms with van der Waals surface area (Å²) in [7, 11) is 0. The van der Waals surface area contributed by atoms with Crippen LogP contribution in [0.25, 0.3) is 0 Å². The number of hydrogen-bond donors (Lipinski definition) is 0. The van der Waals surface area contributed by atoms with Crippen molar-refractivity contribution in [2.24, 2.45) is 29.1 Å². The molecule has 3 atom stereocenters. The molecule has 2 nitrogen and oxygen atoms in total. The topological polar surface area (TPSA) is 18.5 Å². The van der Waals surface area contributed by atoms with Crippen LogP contribution in [-0.2, 0) is 4.74 Å². The monoisotopic (exact) mass is 426 g/mol. The molecule has 0 amide bonds. The third-order valence-electron chi connectivity index (χ3n) is 8.96. The van der Waals surface area contributed by atoms with Gasteiger partial charge in [-0.05, 0) is 98.7 Å². The Bertz CT molecular complexity index is 643. The van der Waals surface area contributed by atoms with Crippen LogP contribution >= 0.6 is 0 Å². The second-order valence-electron chi connectivity index (χ2n) is 11.3. The van der Waals surface area contributed by atoms with Gasteiger partial charge in [0.1, 0.15) is 5.75 Å². The maximum absolute atomic E-state index is 6.72. The van der Waals surface area contributed by atoms with E-state index in [1.807, 2.05) is 0 Å². The lowest BCUT2D eigenvalue weighted by Crippen LogP contribution is -2.54. The van der Waals surface area contributed by atoms with Crippen molar-refractivity contribution in [2.75, 3.05) is 6.61 Å². The van der Waals surface area contributed by atoms with Gasteiger partial charge in [0, 0.05) is 5.41 Å². The molecule has 1 aromatic carbocycles. The van der Waals surface area contributed by atoms with Crippen LogP contribution in [-0.4, -0.2) is 12.9 Å². The van der Waals surface area contributed by atoms with Gasteiger partial charge in [-0.1, -0.05) is 59.1 Å². The van der Waals surface area contributed by atoms with Crippen LogP contribution in [0, 0.1) is 29.1 Å². The molecule has 0 saturated heterocycles. The van der Waals surface area contributed by atoms with Crippen molar-refractivity contribution in [3.05, 3.63) is 29.8 Å². The highest BCUT2D eigenvalue weighted by Gasteiger charge is 2.55. The van der Waals surface area contributed by atoms with Gasteiger partial charge in [0.15, 0.2) is 0 Å². The Morgan fingerprint density at radius 2 is 1.48 bits per heavy atom. The third-order valence-corrected chi connectivity index (χ3v) is 8.96. The minimum Gasteiger partial charge on any atom is -0.464 e. The van der Waals surface area contributed by atoms with E-state index in [2.05, 4.69) is 52.0 Å². The first-order valence-electron chi connectivity index (χ1n) is 13.4. The molecule has 0 heterocycles. The number of ether oxygens (including phenoxy) is 2. The van der Waals surface area contributed by atoms with Crippen LogP contribution in [0.3, 0.4) is 0 Å². The van der Waals surface area contributed by atoms with E-state index in [0.717, 1.165) is 36.0 Å². The molecule has 4 aliphatic rings. The lowest BCUT2D eigenvalue weighted by Gasteiger charge is -2.58. The van der Waals surface area contributed by atoms with Crippen LogP contribution in [0.15, 0.2) is 24.3 Å². The predicted octanol–water partition coefficient (Wildman–Crippen LogP) is 8.35. The lowest BCUT2D eigenvalue weighted by molar-refractivity contribution is -0.216. The Morgan fingerprint density at radius 1 is 0.871 bits per heavy atom. The summed E-state index contributed by atoms with van der Waals surface area (Å²) in [6.45, 7) is 10.0. The molecule has 1 aromatic rings. The molecule has 4 saturated carbocycles. The van der Waals surface area contributed by atoms with Gasteiger partial charge in [0.05, 0.1) is 6.61 Å². The molecule has 4 bridgehead atoms. The van der Waals surface area contributed by atoms with Crippen LogP contribution in [0.5, 0.6) is 5.75 Å². The van der Waals surface area contributed by atoms with E-state index < -0.39 is 0 Å². The third kappa shape index (κ3) is 5.32. The Morgan fingerprint density at radius 3 is 2.00 bits per heavy atom. The minimum atomic E-state index is -0.0746. The fourth-order valence-electron chi connectivity index (χ4n) is 7.34. The van der Waals surface area contributed by atoms with E-state index >= 15 is 0 Å². The van der Waals surface area contributed by atoms with Crippen LogP contribution in [0.4, 0.5) is 0 Å². The van der Waals surface area contributed by atoms with E-state index in [-0.39, 0.29) is 11.7 Å². The summed E-state index contributed by atoms with van der Waals surface area (Å²) in [6, 6.07) is 8.89. The molecular formula is C29H46O2. The predicted molar refractivity (Wildman–Crippen MR) is 129 cm³/mol. The van der Waals surface area contributed by atoms with Gasteiger partial charge in [-0.2, -0.15) is 0 Å². The molecule has 4 fully saturated rings. The Hall–Kier alpha value is -1.02.